The molecule has 0 saturated carbocycles. The molecule has 84 valence electrons. The van der Waals surface area contributed by atoms with Crippen molar-refractivity contribution in [3.63, 3.8) is 0 Å². The van der Waals surface area contributed by atoms with E-state index in [1.807, 2.05) is 0 Å². The number of hydrogen-bond acceptors (Lipinski definition) is 1. The molecule has 0 spiro atoms. The van der Waals surface area contributed by atoms with Gasteiger partial charge in [0.2, 0.25) is 5.91 Å². The lowest BCUT2D eigenvalue weighted by Crippen LogP contribution is -2.29. The zero-order valence-corrected chi connectivity index (χ0v) is 8.42. The van der Waals surface area contributed by atoms with Gasteiger partial charge in [0.05, 0.1) is 0 Å². The SMILES string of the molecule is O=C(CC(F)(F)F)NCCCCCCl. The highest BCUT2D eigenvalue weighted by Gasteiger charge is 2.30. The van der Waals surface area contributed by atoms with Gasteiger partial charge < -0.3 is 5.32 Å². The Labute approximate surface area is 85.8 Å². The Bertz CT molecular complexity index is 172. The van der Waals surface area contributed by atoms with E-state index >= 15 is 0 Å². The molecule has 0 unspecified atom stereocenters. The highest BCUT2D eigenvalue weighted by molar-refractivity contribution is 6.17. The molecule has 0 bridgehead atoms. The van der Waals surface area contributed by atoms with Crippen LogP contribution in [0.3, 0.4) is 0 Å². The normalized spacial score (nSPS) is 11.4. The van der Waals surface area contributed by atoms with Gasteiger partial charge in [-0.05, 0) is 12.8 Å². The van der Waals surface area contributed by atoms with Gasteiger partial charge >= 0.3 is 6.18 Å². The Morgan fingerprint density at radius 3 is 2.36 bits per heavy atom. The van der Waals surface area contributed by atoms with Crippen molar-refractivity contribution in [3.05, 3.63) is 0 Å². The standard InChI is InChI=1S/C8H13ClF3NO/c9-4-2-1-3-5-13-7(14)6-8(10,11)12/h1-6H2,(H,13,14). The molecule has 0 atom stereocenters. The second-order valence-electron chi connectivity index (χ2n) is 2.89. The molecule has 0 aliphatic carbocycles. The minimum atomic E-state index is -4.42. The van der Waals surface area contributed by atoms with Crippen molar-refractivity contribution < 1.29 is 18.0 Å². The second-order valence-corrected chi connectivity index (χ2v) is 3.27. The molecule has 0 saturated heterocycles. The van der Waals surface area contributed by atoms with Crippen LogP contribution in [0.2, 0.25) is 0 Å². The van der Waals surface area contributed by atoms with E-state index in [0.717, 1.165) is 12.8 Å². The molecule has 0 aromatic carbocycles. The summed E-state index contributed by atoms with van der Waals surface area (Å²) in [6.07, 6.45) is -3.52. The minimum absolute atomic E-state index is 0.284. The zero-order chi connectivity index (χ0) is 11.0. The van der Waals surface area contributed by atoms with Crippen LogP contribution in [0.4, 0.5) is 13.2 Å². The fraction of sp³-hybridized carbons (Fsp3) is 0.875. The van der Waals surface area contributed by atoms with Crippen LogP contribution in [-0.2, 0) is 4.79 Å². The monoisotopic (exact) mass is 231 g/mol. The maximum atomic E-state index is 11.7. The summed E-state index contributed by atoms with van der Waals surface area (Å²) >= 11 is 5.39. The van der Waals surface area contributed by atoms with Crippen LogP contribution in [0.1, 0.15) is 25.7 Å². The minimum Gasteiger partial charge on any atom is -0.356 e. The number of carbonyl (C=O) groups is 1. The number of nitrogens with one attached hydrogen (secondary N) is 1. The number of amides is 1. The predicted molar refractivity (Wildman–Crippen MR) is 48.3 cm³/mol. The van der Waals surface area contributed by atoms with Gasteiger partial charge in [-0.3, -0.25) is 4.79 Å². The van der Waals surface area contributed by atoms with E-state index in [4.69, 9.17) is 11.6 Å². The molecule has 0 radical (unpaired) electrons. The number of halogens is 4. The van der Waals surface area contributed by atoms with Crippen LogP contribution in [0, 0.1) is 0 Å². The van der Waals surface area contributed by atoms with Gasteiger partial charge in [0.15, 0.2) is 0 Å². The molecule has 1 amide bonds. The Morgan fingerprint density at radius 1 is 1.21 bits per heavy atom. The van der Waals surface area contributed by atoms with Gasteiger partial charge in [0.1, 0.15) is 6.42 Å². The van der Waals surface area contributed by atoms with Crippen molar-refractivity contribution >= 4 is 17.5 Å². The lowest BCUT2D eigenvalue weighted by Gasteiger charge is -2.07. The molecule has 2 nitrogen and oxygen atoms in total. The summed E-state index contributed by atoms with van der Waals surface area (Å²) in [5.41, 5.74) is 0. The summed E-state index contributed by atoms with van der Waals surface area (Å²) in [6.45, 7) is 0.284. The Balaban J connectivity index is 3.36. The lowest BCUT2D eigenvalue weighted by molar-refractivity contribution is -0.153. The van der Waals surface area contributed by atoms with Gasteiger partial charge in [-0.2, -0.15) is 13.2 Å². The lowest BCUT2D eigenvalue weighted by atomic mass is 10.2. The summed E-state index contributed by atoms with van der Waals surface area (Å²) in [5.74, 6) is -0.431. The first kappa shape index (κ1) is 13.5. The van der Waals surface area contributed by atoms with Crippen molar-refractivity contribution in [2.24, 2.45) is 0 Å². The van der Waals surface area contributed by atoms with Crippen molar-refractivity contribution in [3.8, 4) is 0 Å². The van der Waals surface area contributed by atoms with Gasteiger partial charge in [0, 0.05) is 12.4 Å². The van der Waals surface area contributed by atoms with Crippen molar-refractivity contribution in [2.75, 3.05) is 12.4 Å². The first-order valence-corrected chi connectivity index (χ1v) is 4.88. The third kappa shape index (κ3) is 9.64. The summed E-state index contributed by atoms with van der Waals surface area (Å²) in [6, 6.07) is 0. The quantitative estimate of drug-likeness (QED) is 0.552. The predicted octanol–water partition coefficient (Wildman–Crippen LogP) is 2.46. The average Bonchev–Trinajstić information content (AvgIpc) is 2.00. The molecular formula is C8H13ClF3NO. The van der Waals surface area contributed by atoms with Crippen LogP contribution in [-0.4, -0.2) is 24.5 Å². The number of rotatable bonds is 6. The van der Waals surface area contributed by atoms with Crippen LogP contribution < -0.4 is 5.32 Å². The van der Waals surface area contributed by atoms with Crippen molar-refractivity contribution in [1.82, 2.24) is 5.32 Å². The molecule has 0 heterocycles. The van der Waals surface area contributed by atoms with Crippen LogP contribution >= 0.6 is 11.6 Å². The van der Waals surface area contributed by atoms with E-state index in [1.165, 1.54) is 0 Å². The zero-order valence-electron chi connectivity index (χ0n) is 7.66. The highest BCUT2D eigenvalue weighted by Crippen LogP contribution is 2.18. The Hall–Kier alpha value is -0.450. The molecule has 0 aromatic rings. The molecule has 0 rings (SSSR count). The molecule has 6 heteroatoms. The van der Waals surface area contributed by atoms with E-state index in [1.54, 1.807) is 0 Å². The van der Waals surface area contributed by atoms with Crippen molar-refractivity contribution in [2.45, 2.75) is 31.9 Å². The van der Waals surface area contributed by atoms with Gasteiger partial charge in [-0.15, -0.1) is 11.6 Å². The first-order valence-electron chi connectivity index (χ1n) is 4.35. The average molecular weight is 232 g/mol. The van der Waals surface area contributed by atoms with E-state index in [2.05, 4.69) is 5.32 Å². The maximum Gasteiger partial charge on any atom is 0.397 e. The third-order valence-corrected chi connectivity index (χ3v) is 1.76. The molecule has 0 aromatic heterocycles. The molecule has 1 N–H and O–H groups in total. The number of alkyl halides is 4. The number of carbonyl (C=O) groups excluding carboxylic acids is 1. The van der Waals surface area contributed by atoms with Crippen LogP contribution in [0.5, 0.6) is 0 Å². The topological polar surface area (TPSA) is 29.1 Å². The van der Waals surface area contributed by atoms with E-state index < -0.39 is 18.5 Å². The highest BCUT2D eigenvalue weighted by atomic mass is 35.5. The summed E-state index contributed by atoms with van der Waals surface area (Å²) in [5, 5.41) is 2.20. The van der Waals surface area contributed by atoms with Crippen LogP contribution in [0.25, 0.3) is 0 Å². The Kier molecular flexibility index (Phi) is 6.70. The molecule has 0 fully saturated rings. The largest absolute Gasteiger partial charge is 0.397 e. The number of unbranched alkanes of at least 4 members (excludes halogenated alkanes) is 2. The fourth-order valence-corrected chi connectivity index (χ4v) is 1.06. The summed E-state index contributed by atoms with van der Waals surface area (Å²) in [4.78, 5) is 10.6. The van der Waals surface area contributed by atoms with E-state index in [0.29, 0.717) is 12.3 Å². The molecular weight excluding hydrogens is 219 g/mol. The van der Waals surface area contributed by atoms with Gasteiger partial charge in [-0.1, -0.05) is 6.42 Å². The maximum absolute atomic E-state index is 11.7. The van der Waals surface area contributed by atoms with Crippen LogP contribution in [0.15, 0.2) is 0 Å². The van der Waals surface area contributed by atoms with E-state index in [-0.39, 0.29) is 6.54 Å². The van der Waals surface area contributed by atoms with Crippen molar-refractivity contribution in [1.29, 1.82) is 0 Å². The Morgan fingerprint density at radius 2 is 1.86 bits per heavy atom. The molecule has 0 aliphatic heterocycles. The summed E-state index contributed by atoms with van der Waals surface area (Å²) in [7, 11) is 0. The molecule has 0 aliphatic rings. The molecule has 14 heavy (non-hydrogen) atoms. The second kappa shape index (κ2) is 6.92. The van der Waals surface area contributed by atoms with Gasteiger partial charge in [-0.25, -0.2) is 0 Å². The number of hydrogen-bond donors (Lipinski definition) is 1. The fourth-order valence-electron chi connectivity index (χ4n) is 0.869. The first-order chi connectivity index (χ1) is 6.45. The van der Waals surface area contributed by atoms with Gasteiger partial charge in [0.25, 0.3) is 0 Å². The van der Waals surface area contributed by atoms with E-state index in [9.17, 15) is 18.0 Å². The smallest absolute Gasteiger partial charge is 0.356 e. The summed E-state index contributed by atoms with van der Waals surface area (Å²) < 4.78 is 35.0. The third-order valence-electron chi connectivity index (χ3n) is 1.49.